The van der Waals surface area contributed by atoms with Crippen LogP contribution in [0.2, 0.25) is 0 Å². The molecule has 0 saturated carbocycles. The maximum Gasteiger partial charge on any atom is 0.237 e. The summed E-state index contributed by atoms with van der Waals surface area (Å²) < 4.78 is 19.7. The van der Waals surface area contributed by atoms with E-state index in [-0.39, 0.29) is 52.7 Å². The molecule has 0 spiro atoms. The first-order valence-corrected chi connectivity index (χ1v) is 16.2. The van der Waals surface area contributed by atoms with Crippen LogP contribution in [0.4, 0.5) is 15.8 Å². The topological polar surface area (TPSA) is 167 Å². The third-order valence-electron chi connectivity index (χ3n) is 8.89. The molecule has 5 N–H and O–H groups in total. The molecule has 1 atom stereocenters. The van der Waals surface area contributed by atoms with Crippen molar-refractivity contribution in [1.29, 1.82) is 5.41 Å². The molecular formula is C36H42FN9O3. The van der Waals surface area contributed by atoms with Crippen LogP contribution in [0.1, 0.15) is 42.1 Å². The van der Waals surface area contributed by atoms with Crippen molar-refractivity contribution < 1.29 is 18.7 Å². The number of hydrogen-bond acceptors (Lipinski definition) is 8. The highest BCUT2D eigenvalue weighted by molar-refractivity contribution is 6.13. The van der Waals surface area contributed by atoms with E-state index < -0.39 is 5.82 Å². The van der Waals surface area contributed by atoms with Gasteiger partial charge in [0, 0.05) is 61.8 Å². The van der Waals surface area contributed by atoms with E-state index in [1.54, 1.807) is 30.1 Å². The average molecular weight is 668 g/mol. The summed E-state index contributed by atoms with van der Waals surface area (Å²) >= 11 is 0. The number of likely N-dealkylation sites (tertiary alicyclic amines) is 1. The van der Waals surface area contributed by atoms with Crippen LogP contribution in [-0.4, -0.2) is 97.9 Å². The molecule has 1 saturated heterocycles. The van der Waals surface area contributed by atoms with Crippen LogP contribution in [0.15, 0.2) is 70.8 Å². The highest BCUT2D eigenvalue weighted by Gasteiger charge is 2.33. The van der Waals surface area contributed by atoms with Crippen molar-refractivity contribution in [1.82, 2.24) is 14.8 Å². The molecule has 49 heavy (non-hydrogen) atoms. The third kappa shape index (κ3) is 8.00. The van der Waals surface area contributed by atoms with Gasteiger partial charge in [-0.25, -0.2) is 14.4 Å². The van der Waals surface area contributed by atoms with Gasteiger partial charge in [0.05, 0.1) is 31.5 Å². The van der Waals surface area contributed by atoms with E-state index in [0.717, 1.165) is 23.6 Å². The van der Waals surface area contributed by atoms with Gasteiger partial charge in [-0.05, 0) is 55.6 Å². The lowest BCUT2D eigenvalue weighted by atomic mass is 9.98. The number of ether oxygens (including phenoxy) is 1. The molecule has 12 nitrogen and oxygen atoms in total. The molecule has 2 aromatic carbocycles. The number of nitrogens with zero attached hydrogens (tertiary/aromatic N) is 6. The molecule has 3 aromatic rings. The third-order valence-corrected chi connectivity index (χ3v) is 8.89. The number of carbonyl (C=O) groups excluding carboxylic acids is 2. The zero-order chi connectivity index (χ0) is 35.1. The van der Waals surface area contributed by atoms with Gasteiger partial charge in [-0.15, -0.1) is 0 Å². The number of aliphatic imine (C=N–C) groups is 2. The van der Waals surface area contributed by atoms with E-state index in [9.17, 15) is 14.0 Å². The van der Waals surface area contributed by atoms with Crippen molar-refractivity contribution in [3.05, 3.63) is 89.0 Å². The lowest BCUT2D eigenvalue weighted by Crippen LogP contribution is -2.42. The predicted octanol–water partition coefficient (Wildman–Crippen LogP) is 3.58. The molecule has 0 bridgehead atoms. The van der Waals surface area contributed by atoms with Crippen molar-refractivity contribution in [3.63, 3.8) is 0 Å². The Balaban J connectivity index is 1.18. The molecule has 3 heterocycles. The molecule has 2 aliphatic rings. The Hall–Kier alpha value is -5.43. The van der Waals surface area contributed by atoms with Crippen LogP contribution >= 0.6 is 0 Å². The second-order valence-corrected chi connectivity index (χ2v) is 11.9. The Bertz CT molecular complexity index is 1810. The van der Waals surface area contributed by atoms with Gasteiger partial charge in [-0.2, -0.15) is 0 Å². The molecule has 1 fully saturated rings. The van der Waals surface area contributed by atoms with Gasteiger partial charge in [0.25, 0.3) is 0 Å². The van der Waals surface area contributed by atoms with E-state index in [2.05, 4.69) is 21.0 Å². The monoisotopic (exact) mass is 667 g/mol. The summed E-state index contributed by atoms with van der Waals surface area (Å²) in [7, 11) is 3.04. The zero-order valence-electron chi connectivity index (χ0n) is 28.0. The minimum Gasteiger partial charge on any atom is -0.495 e. The largest absolute Gasteiger partial charge is 0.495 e. The molecule has 0 unspecified atom stereocenters. The summed E-state index contributed by atoms with van der Waals surface area (Å²) in [6, 6.07) is 14.0. The Morgan fingerprint density at radius 3 is 2.61 bits per heavy atom. The fourth-order valence-electron chi connectivity index (χ4n) is 6.13. The number of carbonyl (C=O) groups is 2. The summed E-state index contributed by atoms with van der Waals surface area (Å²) in [4.78, 5) is 44.5. The maximum atomic E-state index is 14.7. The van der Waals surface area contributed by atoms with Crippen molar-refractivity contribution in [3.8, 4) is 5.75 Å². The van der Waals surface area contributed by atoms with Crippen molar-refractivity contribution in [2.24, 2.45) is 21.6 Å². The molecule has 1 aromatic heterocycles. The summed E-state index contributed by atoms with van der Waals surface area (Å²) in [6.07, 6.45) is 6.21. The van der Waals surface area contributed by atoms with Crippen LogP contribution < -0.4 is 21.1 Å². The number of methoxy groups -OCH3 is 1. The summed E-state index contributed by atoms with van der Waals surface area (Å²) in [5, 5.41) is 8.64. The van der Waals surface area contributed by atoms with Crippen LogP contribution in [-0.2, 0) is 9.59 Å². The fraction of sp³-hybridized carbons (Fsp3) is 0.333. The lowest BCUT2D eigenvalue weighted by Gasteiger charge is -2.29. The SMILES string of the molecule is CCN(C(=O)[C@@H]1CCN(CC(=O)N2CC=C(c3ccc(C(N)=NC=NC)cc3)CC2)C1)c1ccc(N)c(C(=N)c2ncc(OC)cc2F)c1. The van der Waals surface area contributed by atoms with Gasteiger partial charge in [-0.1, -0.05) is 30.3 Å². The predicted molar refractivity (Wildman–Crippen MR) is 191 cm³/mol. The average Bonchev–Trinajstić information content (AvgIpc) is 3.59. The number of amidine groups is 1. The van der Waals surface area contributed by atoms with Gasteiger partial charge in [0.15, 0.2) is 5.82 Å². The standard InChI is InChI=1S/C36H42FN9O3/c1-4-46(27-9-10-31(38)29(17-27)33(39)34-30(37)18-28(49-3)19-42-34)36(48)26-11-14-44(20-26)21-32(47)45-15-12-24(13-16-45)23-5-7-25(8-6-23)35(40)43-22-41-2/h5-10,12,17-19,22,26,39H,4,11,13-16,20-21,38H2,1-3H3,(H2,40,41,43)/t26-/m1/s1. The molecule has 0 aliphatic carbocycles. The summed E-state index contributed by atoms with van der Waals surface area (Å²) in [5.41, 5.74) is 16.0. The van der Waals surface area contributed by atoms with Crippen molar-refractivity contribution in [2.45, 2.75) is 19.8 Å². The Labute approximate surface area is 285 Å². The van der Waals surface area contributed by atoms with E-state index in [0.29, 0.717) is 50.7 Å². The zero-order valence-corrected chi connectivity index (χ0v) is 28.0. The van der Waals surface area contributed by atoms with Crippen LogP contribution in [0.5, 0.6) is 5.75 Å². The van der Waals surface area contributed by atoms with Gasteiger partial charge >= 0.3 is 0 Å². The van der Waals surface area contributed by atoms with E-state index in [1.165, 1.54) is 25.2 Å². The number of aromatic nitrogens is 1. The molecule has 5 rings (SSSR count). The van der Waals surface area contributed by atoms with Crippen LogP contribution in [0, 0.1) is 17.1 Å². The van der Waals surface area contributed by atoms with Gasteiger partial charge < -0.3 is 26.0 Å². The number of pyridine rings is 1. The normalized spacial score (nSPS) is 16.9. The molecule has 0 radical (unpaired) electrons. The first-order valence-electron chi connectivity index (χ1n) is 16.2. The number of nitrogens with one attached hydrogen (secondary N) is 1. The number of nitrogens with two attached hydrogens (primary N) is 2. The highest BCUT2D eigenvalue weighted by Crippen LogP contribution is 2.28. The quantitative estimate of drug-likeness (QED) is 0.160. The van der Waals surface area contributed by atoms with Gasteiger partial charge in [0.1, 0.15) is 23.6 Å². The second-order valence-electron chi connectivity index (χ2n) is 11.9. The number of halogens is 1. The second kappa shape index (κ2) is 15.6. The molecule has 2 aliphatic heterocycles. The number of nitrogen functional groups attached to an aromatic ring is 1. The first kappa shape index (κ1) is 34.9. The molecule has 2 amide bonds. The molecule has 256 valence electrons. The minimum atomic E-state index is -0.708. The summed E-state index contributed by atoms with van der Waals surface area (Å²) in [5.74, 6) is -0.400. The van der Waals surface area contributed by atoms with Crippen LogP contribution in [0.3, 0.4) is 0 Å². The van der Waals surface area contributed by atoms with Crippen LogP contribution in [0.25, 0.3) is 5.57 Å². The number of hydrogen-bond donors (Lipinski definition) is 3. The number of benzene rings is 2. The Morgan fingerprint density at radius 1 is 1.18 bits per heavy atom. The number of amides is 2. The molecular weight excluding hydrogens is 625 g/mol. The van der Waals surface area contributed by atoms with E-state index in [1.807, 2.05) is 41.0 Å². The minimum absolute atomic E-state index is 0.0359. The lowest BCUT2D eigenvalue weighted by molar-refractivity contribution is -0.132. The van der Waals surface area contributed by atoms with Gasteiger partial charge in [0.2, 0.25) is 11.8 Å². The smallest absolute Gasteiger partial charge is 0.237 e. The maximum absolute atomic E-state index is 14.7. The van der Waals surface area contributed by atoms with E-state index in [4.69, 9.17) is 21.6 Å². The number of anilines is 2. The van der Waals surface area contributed by atoms with Gasteiger partial charge in [-0.3, -0.25) is 24.9 Å². The summed E-state index contributed by atoms with van der Waals surface area (Å²) in [6.45, 7) is 4.76. The first-order chi connectivity index (χ1) is 23.6. The fourth-order valence-corrected chi connectivity index (χ4v) is 6.13. The van der Waals surface area contributed by atoms with Crippen molar-refractivity contribution in [2.75, 3.05) is 64.1 Å². The molecule has 13 heteroatoms. The van der Waals surface area contributed by atoms with Crippen molar-refractivity contribution >= 4 is 46.6 Å². The Morgan fingerprint density at radius 2 is 1.96 bits per heavy atom. The Kier molecular flexibility index (Phi) is 11.1. The van der Waals surface area contributed by atoms with E-state index >= 15 is 0 Å². The highest BCUT2D eigenvalue weighted by atomic mass is 19.1. The number of rotatable bonds is 11.